The van der Waals surface area contributed by atoms with Crippen molar-refractivity contribution in [1.82, 2.24) is 14.8 Å². The molecular weight excluding hydrogens is 420 g/mol. The van der Waals surface area contributed by atoms with Crippen LogP contribution in [0, 0.1) is 0 Å². The Bertz CT molecular complexity index is 1090. The fraction of sp³-hybridized carbons (Fsp3) is 0.286. The topological polar surface area (TPSA) is 96.7 Å². The lowest BCUT2D eigenvalue weighted by molar-refractivity contribution is -0.113. The molecular formula is C21H22N4O5S. The summed E-state index contributed by atoms with van der Waals surface area (Å²) < 4.78 is 24.1. The van der Waals surface area contributed by atoms with Crippen LogP contribution in [-0.4, -0.2) is 47.3 Å². The number of thioether (sulfide) groups is 1. The average Bonchev–Trinajstić information content (AvgIpc) is 3.17. The average molecular weight is 442 g/mol. The maximum atomic E-state index is 12.5. The Kier molecular flexibility index (Phi) is 6.17. The van der Waals surface area contributed by atoms with E-state index in [-0.39, 0.29) is 17.8 Å². The fourth-order valence-electron chi connectivity index (χ4n) is 3.11. The van der Waals surface area contributed by atoms with Crippen LogP contribution in [0.1, 0.15) is 11.9 Å². The van der Waals surface area contributed by atoms with Gasteiger partial charge in [0, 0.05) is 13.1 Å². The first-order chi connectivity index (χ1) is 15.1. The van der Waals surface area contributed by atoms with Crippen LogP contribution < -0.4 is 24.3 Å². The fourth-order valence-corrected chi connectivity index (χ4v) is 3.83. The third-order valence-electron chi connectivity index (χ3n) is 4.68. The van der Waals surface area contributed by atoms with Crippen LogP contribution in [-0.2, 0) is 11.8 Å². The maximum Gasteiger partial charge on any atom is 0.234 e. The van der Waals surface area contributed by atoms with Crippen molar-refractivity contribution in [3.8, 4) is 23.0 Å². The molecule has 1 N–H and O–H groups in total. The molecule has 0 saturated carbocycles. The highest BCUT2D eigenvalue weighted by Crippen LogP contribution is 2.36. The maximum absolute atomic E-state index is 12.5. The van der Waals surface area contributed by atoms with E-state index in [1.54, 1.807) is 32.4 Å². The first-order valence-electron chi connectivity index (χ1n) is 9.51. The van der Waals surface area contributed by atoms with Crippen molar-refractivity contribution in [1.29, 1.82) is 0 Å². The highest BCUT2D eigenvalue weighted by molar-refractivity contribution is 7.99. The summed E-state index contributed by atoms with van der Waals surface area (Å²) in [4.78, 5) is 12.5. The highest BCUT2D eigenvalue weighted by atomic mass is 32.2. The van der Waals surface area contributed by atoms with E-state index in [4.69, 9.17) is 18.9 Å². The van der Waals surface area contributed by atoms with Gasteiger partial charge in [-0.2, -0.15) is 0 Å². The van der Waals surface area contributed by atoms with Gasteiger partial charge in [0.25, 0.3) is 0 Å². The molecule has 1 aliphatic rings. The normalized spacial score (nSPS) is 14.7. The third-order valence-corrected chi connectivity index (χ3v) is 5.70. The van der Waals surface area contributed by atoms with Gasteiger partial charge in [-0.3, -0.25) is 4.79 Å². The number of amides is 1. The molecule has 10 heteroatoms. The number of ether oxygens (including phenoxy) is 4. The monoisotopic (exact) mass is 442 g/mol. The number of rotatable bonds is 7. The summed E-state index contributed by atoms with van der Waals surface area (Å²) in [5.41, 5.74) is 0.539. The number of nitrogens with one attached hydrogen (secondary N) is 1. The van der Waals surface area contributed by atoms with Gasteiger partial charge in [-0.1, -0.05) is 23.9 Å². The van der Waals surface area contributed by atoms with Crippen molar-refractivity contribution in [2.24, 2.45) is 7.05 Å². The molecule has 1 atom stereocenters. The molecule has 0 aliphatic carbocycles. The molecule has 1 amide bonds. The van der Waals surface area contributed by atoms with Crippen LogP contribution in [0.15, 0.2) is 47.6 Å². The summed E-state index contributed by atoms with van der Waals surface area (Å²) in [6.07, 6.45) is -0.378. The largest absolute Gasteiger partial charge is 0.497 e. The number of hydrogen-bond acceptors (Lipinski definition) is 8. The summed E-state index contributed by atoms with van der Waals surface area (Å²) in [5, 5.41) is 11.9. The zero-order valence-corrected chi connectivity index (χ0v) is 18.1. The van der Waals surface area contributed by atoms with Crippen molar-refractivity contribution < 1.29 is 23.7 Å². The van der Waals surface area contributed by atoms with E-state index in [9.17, 15) is 4.79 Å². The number of hydrogen-bond donors (Lipinski definition) is 1. The van der Waals surface area contributed by atoms with Gasteiger partial charge in [-0.25, -0.2) is 0 Å². The Hall–Kier alpha value is -3.40. The molecule has 9 nitrogen and oxygen atoms in total. The second-order valence-corrected chi connectivity index (χ2v) is 7.61. The van der Waals surface area contributed by atoms with Crippen LogP contribution >= 0.6 is 11.8 Å². The molecule has 0 saturated heterocycles. The van der Waals surface area contributed by atoms with Gasteiger partial charge in [0.2, 0.25) is 5.91 Å². The molecule has 1 aromatic heterocycles. The molecule has 3 aromatic rings. The van der Waals surface area contributed by atoms with Crippen molar-refractivity contribution >= 4 is 23.4 Å². The Labute approximate surface area is 183 Å². The van der Waals surface area contributed by atoms with Crippen molar-refractivity contribution in [3.63, 3.8) is 0 Å². The van der Waals surface area contributed by atoms with E-state index in [0.717, 1.165) is 0 Å². The molecule has 31 heavy (non-hydrogen) atoms. The van der Waals surface area contributed by atoms with Crippen LogP contribution in [0.2, 0.25) is 0 Å². The first kappa shape index (κ1) is 20.9. The van der Waals surface area contributed by atoms with Crippen LogP contribution in [0.3, 0.4) is 0 Å². The molecule has 0 radical (unpaired) electrons. The van der Waals surface area contributed by atoms with E-state index in [0.29, 0.717) is 46.3 Å². The van der Waals surface area contributed by atoms with Crippen LogP contribution in [0.4, 0.5) is 5.69 Å². The second kappa shape index (κ2) is 9.17. The Morgan fingerprint density at radius 1 is 1.19 bits per heavy atom. The number of carbonyl (C=O) groups is 1. The molecule has 0 bridgehead atoms. The van der Waals surface area contributed by atoms with Gasteiger partial charge in [-0.15, -0.1) is 10.2 Å². The smallest absolute Gasteiger partial charge is 0.234 e. The van der Waals surface area contributed by atoms with Crippen molar-refractivity contribution in [3.05, 3.63) is 48.3 Å². The first-order valence-corrected chi connectivity index (χ1v) is 10.5. The quantitative estimate of drug-likeness (QED) is 0.558. The van der Waals surface area contributed by atoms with Crippen molar-refractivity contribution in [2.45, 2.75) is 11.3 Å². The Morgan fingerprint density at radius 3 is 2.77 bits per heavy atom. The molecule has 0 fully saturated rings. The Morgan fingerprint density at radius 2 is 2.00 bits per heavy atom. The van der Waals surface area contributed by atoms with E-state index in [2.05, 4.69) is 15.5 Å². The van der Waals surface area contributed by atoms with E-state index in [1.807, 2.05) is 35.9 Å². The minimum atomic E-state index is -0.378. The predicted octanol–water partition coefficient (Wildman–Crippen LogP) is 3.08. The molecule has 2 heterocycles. The number of fused-ring (bicyclic) bond motifs is 1. The van der Waals surface area contributed by atoms with Gasteiger partial charge in [0.05, 0.1) is 25.7 Å². The number of nitrogens with zero attached hydrogens (tertiary/aromatic N) is 3. The molecule has 4 rings (SSSR count). The molecule has 0 spiro atoms. The van der Waals surface area contributed by atoms with Gasteiger partial charge >= 0.3 is 0 Å². The summed E-state index contributed by atoms with van der Waals surface area (Å²) in [7, 11) is 4.95. The summed E-state index contributed by atoms with van der Waals surface area (Å²) in [6, 6.07) is 12.7. The lowest BCUT2D eigenvalue weighted by Gasteiger charge is -2.25. The molecule has 1 aliphatic heterocycles. The zero-order valence-electron chi connectivity index (χ0n) is 17.3. The number of para-hydroxylation sites is 2. The van der Waals surface area contributed by atoms with Crippen molar-refractivity contribution in [2.75, 3.05) is 31.9 Å². The lowest BCUT2D eigenvalue weighted by atomic mass is 10.2. The van der Waals surface area contributed by atoms with E-state index in [1.165, 1.54) is 11.8 Å². The van der Waals surface area contributed by atoms with Gasteiger partial charge < -0.3 is 28.8 Å². The molecule has 1 unspecified atom stereocenters. The highest BCUT2D eigenvalue weighted by Gasteiger charge is 2.27. The minimum absolute atomic E-state index is 0.150. The predicted molar refractivity (Wildman–Crippen MR) is 115 cm³/mol. The number of benzene rings is 2. The van der Waals surface area contributed by atoms with Crippen LogP contribution in [0.25, 0.3) is 0 Å². The second-order valence-electron chi connectivity index (χ2n) is 6.67. The van der Waals surface area contributed by atoms with Gasteiger partial charge in [0.15, 0.2) is 28.6 Å². The minimum Gasteiger partial charge on any atom is -0.497 e. The number of carbonyl (C=O) groups excluding carboxylic acids is 1. The van der Waals surface area contributed by atoms with Gasteiger partial charge in [-0.05, 0) is 24.3 Å². The number of aromatic nitrogens is 3. The number of anilines is 1. The van der Waals surface area contributed by atoms with E-state index >= 15 is 0 Å². The zero-order chi connectivity index (χ0) is 21.8. The van der Waals surface area contributed by atoms with Gasteiger partial charge in [0.1, 0.15) is 18.1 Å². The van der Waals surface area contributed by atoms with Crippen LogP contribution in [0.5, 0.6) is 23.0 Å². The Balaban J connectivity index is 1.39. The molecule has 162 valence electrons. The standard InChI is InChI=1S/C21H22N4O5S/c1-25-20(18-11-29-16-6-4-5-7-17(16)30-18)23-24-21(25)31-12-19(26)22-14-10-13(27-2)8-9-15(14)28-3/h4-10,18H,11-12H2,1-3H3,(H,22,26). The summed E-state index contributed by atoms with van der Waals surface area (Å²) in [5.74, 6) is 3.13. The summed E-state index contributed by atoms with van der Waals surface area (Å²) >= 11 is 1.28. The molecule has 2 aromatic carbocycles. The lowest BCUT2D eigenvalue weighted by Crippen LogP contribution is -2.24. The van der Waals surface area contributed by atoms with E-state index < -0.39 is 0 Å². The summed E-state index contributed by atoms with van der Waals surface area (Å²) in [6.45, 7) is 0.337. The third kappa shape index (κ3) is 4.53. The SMILES string of the molecule is COc1ccc(OC)c(NC(=O)CSc2nnc(C3COc4ccccc4O3)n2C)c1. The number of methoxy groups -OCH3 is 2.